The molecule has 1 aromatic rings. The quantitative estimate of drug-likeness (QED) is 0.678. The Morgan fingerprint density at radius 1 is 1.38 bits per heavy atom. The number of nitrogen functional groups attached to an aromatic ring is 1. The van der Waals surface area contributed by atoms with Crippen LogP contribution in [0, 0.1) is 0 Å². The van der Waals surface area contributed by atoms with E-state index in [9.17, 15) is 21.6 Å². The van der Waals surface area contributed by atoms with Gasteiger partial charge in [0.25, 0.3) is 5.63 Å². The van der Waals surface area contributed by atoms with Crippen molar-refractivity contribution in [3.8, 4) is 0 Å². The summed E-state index contributed by atoms with van der Waals surface area (Å²) in [7, 11) is -5.18. The lowest BCUT2D eigenvalue weighted by Crippen LogP contribution is -2.35. The Morgan fingerprint density at radius 2 is 1.94 bits per heavy atom. The van der Waals surface area contributed by atoms with Gasteiger partial charge in [0.05, 0.1) is 4.90 Å². The van der Waals surface area contributed by atoms with Crippen molar-refractivity contribution < 1.29 is 21.6 Å². The van der Waals surface area contributed by atoms with Gasteiger partial charge in [-0.05, 0) is 18.2 Å². The summed E-state index contributed by atoms with van der Waals surface area (Å²) in [5.74, 6) is 0. The van der Waals surface area contributed by atoms with Crippen molar-refractivity contribution in [1.82, 2.24) is 0 Å². The second-order valence-corrected chi connectivity index (χ2v) is 5.34. The summed E-state index contributed by atoms with van der Waals surface area (Å²) in [6, 6.07) is 4.17. The monoisotopic (exact) mass is 273 g/mol. The van der Waals surface area contributed by atoms with Gasteiger partial charge < -0.3 is 5.73 Å². The van der Waals surface area contributed by atoms with Gasteiger partial charge in [0, 0.05) is 5.69 Å². The molecule has 0 radical (unpaired) electrons. The molecule has 0 aromatic heterocycles. The molecule has 0 saturated carbocycles. The maximum absolute atomic E-state index is 13.0. The molecule has 1 rings (SSSR count). The molecule has 0 aliphatic heterocycles. The molecule has 1 atom stereocenters. The van der Waals surface area contributed by atoms with Gasteiger partial charge in [0.1, 0.15) is 0 Å². The van der Waals surface area contributed by atoms with Crippen molar-refractivity contribution >= 4 is 27.1 Å². The highest BCUT2D eigenvalue weighted by Gasteiger charge is 2.53. The van der Waals surface area contributed by atoms with Crippen molar-refractivity contribution in [2.75, 3.05) is 5.73 Å². The van der Waals surface area contributed by atoms with E-state index in [0.717, 1.165) is 12.1 Å². The smallest absolute Gasteiger partial charge is 0.393 e. The average molecular weight is 274 g/mol. The molecule has 0 fully saturated rings. The number of halogens is 4. The highest BCUT2D eigenvalue weighted by Crippen LogP contribution is 2.35. The summed E-state index contributed by atoms with van der Waals surface area (Å²) in [5, 5.41) is -4.69. The maximum atomic E-state index is 13.0. The predicted molar refractivity (Wildman–Crippen MR) is 53.7 cm³/mol. The van der Waals surface area contributed by atoms with E-state index in [2.05, 4.69) is 11.6 Å². The number of benzene rings is 1. The zero-order valence-electron chi connectivity index (χ0n) is 7.70. The fourth-order valence-electron chi connectivity index (χ4n) is 0.956. The van der Waals surface area contributed by atoms with Gasteiger partial charge in [0.15, 0.2) is 0 Å². The van der Waals surface area contributed by atoms with E-state index in [4.69, 9.17) is 5.73 Å². The Morgan fingerprint density at radius 3 is 2.38 bits per heavy atom. The Balaban J connectivity index is 3.33. The first-order valence-electron chi connectivity index (χ1n) is 3.95. The van der Waals surface area contributed by atoms with Gasteiger partial charge in [-0.2, -0.15) is 8.78 Å². The van der Waals surface area contributed by atoms with E-state index < -0.39 is 25.6 Å². The molecule has 16 heavy (non-hydrogen) atoms. The lowest BCUT2D eigenvalue weighted by atomic mass is 10.3. The van der Waals surface area contributed by atoms with Crippen molar-refractivity contribution in [3.05, 3.63) is 24.3 Å². The number of anilines is 1. The van der Waals surface area contributed by atoms with E-state index in [1.54, 1.807) is 0 Å². The molecule has 1 unspecified atom stereocenters. The van der Waals surface area contributed by atoms with Gasteiger partial charge in [0.2, 0.25) is 9.84 Å². The van der Waals surface area contributed by atoms with Crippen molar-refractivity contribution in [1.29, 1.82) is 0 Å². The fourth-order valence-corrected chi connectivity index (χ4v) is 2.41. The molecule has 8 heteroatoms. The first-order valence-corrected chi connectivity index (χ1v) is 5.87. The molecule has 0 heterocycles. The van der Waals surface area contributed by atoms with Crippen LogP contribution in [0.5, 0.6) is 0 Å². The number of hydrogen-bond donors (Lipinski definition) is 1. The van der Waals surface area contributed by atoms with Crippen molar-refractivity contribution in [2.24, 2.45) is 0 Å². The molecular formula is C8H7ClF3NO2S. The van der Waals surface area contributed by atoms with Crippen LogP contribution >= 0.6 is 11.6 Å². The number of nitrogens with two attached hydrogens (primary N) is 1. The van der Waals surface area contributed by atoms with E-state index in [1.807, 2.05) is 0 Å². The molecule has 0 aliphatic carbocycles. The summed E-state index contributed by atoms with van der Waals surface area (Å²) in [6.07, 6.45) is 0. The topological polar surface area (TPSA) is 60.2 Å². The van der Waals surface area contributed by atoms with Crippen LogP contribution in [0.1, 0.15) is 0 Å². The van der Waals surface area contributed by atoms with Crippen LogP contribution in [0.4, 0.5) is 18.9 Å². The van der Waals surface area contributed by atoms with Gasteiger partial charge in [-0.3, -0.25) is 0 Å². The van der Waals surface area contributed by atoms with Crippen LogP contribution < -0.4 is 5.73 Å². The highest BCUT2D eigenvalue weighted by atomic mass is 35.5. The normalized spacial score (nSPS) is 14.8. The predicted octanol–water partition coefficient (Wildman–Crippen LogP) is 2.17. The summed E-state index contributed by atoms with van der Waals surface area (Å²) >= 11 is 4.52. The molecule has 90 valence electrons. The first kappa shape index (κ1) is 13.1. The second-order valence-electron chi connectivity index (χ2n) is 2.94. The number of alkyl halides is 4. The molecule has 3 nitrogen and oxygen atoms in total. The van der Waals surface area contributed by atoms with E-state index in [-0.39, 0.29) is 5.69 Å². The van der Waals surface area contributed by atoms with Gasteiger partial charge in [-0.1, -0.05) is 17.7 Å². The third-order valence-electron chi connectivity index (χ3n) is 1.78. The van der Waals surface area contributed by atoms with Crippen LogP contribution in [0.2, 0.25) is 0 Å². The largest absolute Gasteiger partial charge is 0.399 e. The van der Waals surface area contributed by atoms with Crippen LogP contribution in [0.3, 0.4) is 0 Å². The minimum Gasteiger partial charge on any atom is -0.399 e. The lowest BCUT2D eigenvalue weighted by molar-refractivity contribution is 0.0423. The van der Waals surface area contributed by atoms with Gasteiger partial charge in [-0.15, -0.1) is 0 Å². The third-order valence-corrected chi connectivity index (χ3v) is 3.98. The van der Waals surface area contributed by atoms with Crippen molar-refractivity contribution in [3.63, 3.8) is 0 Å². The second kappa shape index (κ2) is 4.14. The Labute approximate surface area is 94.9 Å². The third kappa shape index (κ3) is 2.10. The van der Waals surface area contributed by atoms with E-state index in [1.165, 1.54) is 12.1 Å². The zero-order valence-corrected chi connectivity index (χ0v) is 9.27. The van der Waals surface area contributed by atoms with Crippen LogP contribution in [0.15, 0.2) is 29.2 Å². The Hall–Kier alpha value is -0.950. The standard InChI is InChI=1S/C8H7ClF3NO2S/c9-7(10)8(11,12)16(14,15)6-3-1-2-5(13)4-6/h1-4,7H,13H2. The van der Waals surface area contributed by atoms with E-state index in [0.29, 0.717) is 0 Å². The summed E-state index contributed by atoms with van der Waals surface area (Å²) in [6.45, 7) is 0. The zero-order chi connectivity index (χ0) is 12.6. The molecule has 2 N–H and O–H groups in total. The number of rotatable bonds is 3. The number of hydrogen-bond acceptors (Lipinski definition) is 3. The highest BCUT2D eigenvalue weighted by molar-refractivity contribution is 7.92. The van der Waals surface area contributed by atoms with Gasteiger partial charge >= 0.3 is 5.25 Å². The Kier molecular flexibility index (Phi) is 3.39. The van der Waals surface area contributed by atoms with Gasteiger partial charge in [-0.25, -0.2) is 12.8 Å². The minimum absolute atomic E-state index is 0.0261. The summed E-state index contributed by atoms with van der Waals surface area (Å²) < 4.78 is 61.0. The molecule has 1 aromatic carbocycles. The van der Waals surface area contributed by atoms with Crippen LogP contribution in [0.25, 0.3) is 0 Å². The summed E-state index contributed by atoms with van der Waals surface area (Å²) in [4.78, 5) is -0.777. The molecular weight excluding hydrogens is 267 g/mol. The Bertz CT molecular complexity index is 490. The van der Waals surface area contributed by atoms with Crippen LogP contribution in [-0.4, -0.2) is 19.3 Å². The number of sulfone groups is 1. The summed E-state index contributed by atoms with van der Waals surface area (Å²) in [5.41, 5.74) is 1.89. The fraction of sp³-hybridized carbons (Fsp3) is 0.250. The van der Waals surface area contributed by atoms with Crippen molar-refractivity contribution in [2.45, 2.75) is 15.8 Å². The lowest BCUT2D eigenvalue weighted by Gasteiger charge is -2.16. The molecule has 0 bridgehead atoms. The molecule has 0 amide bonds. The molecule has 0 aliphatic rings. The molecule has 0 spiro atoms. The van der Waals surface area contributed by atoms with Crippen LogP contribution in [-0.2, 0) is 9.84 Å². The SMILES string of the molecule is Nc1cccc(S(=O)(=O)C(F)(F)C(F)Cl)c1. The first-order chi connectivity index (χ1) is 7.19. The van der Waals surface area contributed by atoms with E-state index >= 15 is 0 Å². The maximum Gasteiger partial charge on any atom is 0.393 e. The average Bonchev–Trinajstić information content (AvgIpc) is 2.17. The minimum atomic E-state index is -5.18. The molecule has 0 saturated heterocycles.